The first kappa shape index (κ1) is 94.1. The standard InChI is InChI=1S/C19H18N.C15H16N.2C13H12NO.C11H6F2N.C9H5F3N3.C7H5O2.5Ir/c1-19(2,3)16-9-6-8-15(13-16)18-17-10-5-4-7-14(17)11-12-20-18;1-15(2,3)13-8-6-7-12(11-13)14-9-4-5-10-16-14;2*1-10-9-11(15-2)6-7-12(10)13-5-3-4-8-14-13;12-8-4-5-9(10(13)7-8)11-3-1-2-6-14-11;10-9(11,12)8-5-7(14-15-8)6-3-1-2-4-13-6;8-7(9)6-4-2-1-3-5-6;;;;;/h4-7,9-13H,1-3H3;4-6,8-11H,1-3H3;2*3-6,8-9H,1-2H3;1-4,6-7H;1-5H;1-4H,(H,8,9);;;;;/q7*-1;;;;;. The van der Waals surface area contributed by atoms with Gasteiger partial charge in [0.05, 0.1) is 14.2 Å². The molecule has 14 rings (SSSR count). The van der Waals surface area contributed by atoms with E-state index in [4.69, 9.17) is 14.6 Å². The van der Waals surface area contributed by atoms with Gasteiger partial charge in [-0.1, -0.05) is 157 Å². The number of alkyl halides is 3. The summed E-state index contributed by atoms with van der Waals surface area (Å²) in [4.78, 5) is 35.5. The Bertz CT molecular complexity index is 4900. The average Bonchev–Trinajstić information content (AvgIpc) is 1.87. The van der Waals surface area contributed by atoms with Crippen molar-refractivity contribution in [2.45, 2.75) is 72.4 Å². The van der Waals surface area contributed by atoms with Crippen LogP contribution in [-0.4, -0.2) is 60.3 Å². The Morgan fingerprint density at radius 1 is 0.440 bits per heavy atom. The zero-order valence-electron chi connectivity index (χ0n) is 60.6. The van der Waals surface area contributed by atoms with Gasteiger partial charge in [0.2, 0.25) is 5.97 Å². The number of hydrogen-bond donors (Lipinski definition) is 1. The predicted octanol–water partition coefficient (Wildman–Crippen LogP) is 20.7. The summed E-state index contributed by atoms with van der Waals surface area (Å²) in [6.07, 6.45) is 5.82. The molecule has 7 aromatic carbocycles. The average molecular weight is 2350 g/mol. The molecule has 0 aliphatic rings. The van der Waals surface area contributed by atoms with Crippen LogP contribution in [0.5, 0.6) is 11.5 Å². The van der Waals surface area contributed by atoms with Crippen molar-refractivity contribution >= 4 is 16.7 Å². The number of rotatable bonds is 9. The molecule has 0 aliphatic carbocycles. The number of carbonyl (C=O) groups is 1. The maximum Gasteiger partial charge on any atom is 0.431 e. The SMILES string of the molecule is CC(C)(C)c1cc[c-]c(-c2ccccn2)c1.CC(C)(C)c1cc[c-]c(-c2nccc3ccccc23)c1.COc1c[c-]c(-c2ccccn2)c(C)c1.COc1c[c-]c(-c2ccccn2)c(C)c1.FC(F)(F)c1cc(-c2ccccn2)[n-]n1.Fc1c[c-]c(-c2ccccn2)c(F)c1.O=C(O)c1[c-]cccc1.[Ir].[Ir].[Ir].[Ir].[Ir]. The van der Waals surface area contributed by atoms with E-state index in [0.29, 0.717) is 11.4 Å². The number of methoxy groups -OCH3 is 2. The van der Waals surface area contributed by atoms with Crippen LogP contribution in [0.25, 0.3) is 78.4 Å². The van der Waals surface area contributed by atoms with Gasteiger partial charge in [-0.15, -0.1) is 172 Å². The molecule has 0 saturated carbocycles. The van der Waals surface area contributed by atoms with Gasteiger partial charge in [0, 0.05) is 167 Å². The number of hydrogen-bond acceptors (Lipinski definition) is 10. The van der Waals surface area contributed by atoms with Gasteiger partial charge in [0.1, 0.15) is 5.69 Å². The number of aromatic nitrogens is 8. The van der Waals surface area contributed by atoms with Gasteiger partial charge >= 0.3 is 6.18 Å². The number of aromatic carboxylic acids is 1. The number of aryl methyl sites for hydroxylation is 2. The van der Waals surface area contributed by atoms with Gasteiger partial charge in [0.15, 0.2) is 0 Å². The van der Waals surface area contributed by atoms with E-state index in [9.17, 15) is 26.7 Å². The van der Waals surface area contributed by atoms with Gasteiger partial charge in [-0.25, -0.2) is 0 Å². The number of ether oxygens (including phenoxy) is 2. The molecular formula is C87H74F5Ir5N8O4-7. The van der Waals surface area contributed by atoms with Gasteiger partial charge in [-0.2, -0.15) is 13.2 Å². The fourth-order valence-corrected chi connectivity index (χ4v) is 9.74. The zero-order chi connectivity index (χ0) is 74.7. The van der Waals surface area contributed by atoms with Crippen molar-refractivity contribution in [3.8, 4) is 79.2 Å². The number of pyridine rings is 6. The Morgan fingerprint density at radius 3 is 1.29 bits per heavy atom. The number of halogens is 5. The minimum Gasteiger partial charge on any atom is -0.573 e. The minimum atomic E-state index is -4.46. The molecule has 5 radical (unpaired) electrons. The zero-order valence-corrected chi connectivity index (χ0v) is 72.6. The fourth-order valence-electron chi connectivity index (χ4n) is 9.74. The molecule has 573 valence electrons. The second-order valence-corrected chi connectivity index (χ2v) is 24.9. The summed E-state index contributed by atoms with van der Waals surface area (Å²) < 4.78 is 72.6. The number of fused-ring (bicyclic) bond motifs is 1. The van der Waals surface area contributed by atoms with Crippen LogP contribution < -0.4 is 14.6 Å². The number of carboxylic acid groups (broad SMARTS) is 1. The molecule has 0 amide bonds. The molecule has 1 N–H and O–H groups in total. The van der Waals surface area contributed by atoms with Crippen molar-refractivity contribution in [1.82, 2.24) is 40.1 Å². The summed E-state index contributed by atoms with van der Waals surface area (Å²) in [5.41, 5.74) is 13.6. The van der Waals surface area contributed by atoms with Gasteiger partial charge in [0.25, 0.3) is 0 Å². The second kappa shape index (κ2) is 46.4. The van der Waals surface area contributed by atoms with Crippen LogP contribution in [0.2, 0.25) is 0 Å². The third-order valence-corrected chi connectivity index (χ3v) is 15.2. The number of benzene rings is 7. The van der Waals surface area contributed by atoms with E-state index in [1.807, 2.05) is 123 Å². The summed E-state index contributed by atoms with van der Waals surface area (Å²) in [7, 11) is 3.31. The monoisotopic (exact) mass is 2350 g/mol. The van der Waals surface area contributed by atoms with Crippen molar-refractivity contribution in [3.63, 3.8) is 0 Å². The number of nitrogens with zero attached hydrogens (tertiary/aromatic N) is 8. The van der Waals surface area contributed by atoms with E-state index in [0.717, 1.165) is 85.9 Å². The Morgan fingerprint density at radius 2 is 0.881 bits per heavy atom. The molecule has 22 heteroatoms. The summed E-state index contributed by atoms with van der Waals surface area (Å²) in [5, 5.41) is 17.2. The quantitative estimate of drug-likeness (QED) is 0.108. The van der Waals surface area contributed by atoms with Gasteiger partial charge < -0.3 is 54.5 Å². The Balaban J connectivity index is 0.000000330. The molecule has 0 aliphatic heterocycles. The molecule has 12 nitrogen and oxygen atoms in total. The molecule has 0 spiro atoms. The molecule has 7 heterocycles. The summed E-state index contributed by atoms with van der Waals surface area (Å²) in [6.45, 7) is 17.4. The first-order valence-corrected chi connectivity index (χ1v) is 32.6. The Kier molecular flexibility index (Phi) is 40.1. The third-order valence-electron chi connectivity index (χ3n) is 15.2. The normalized spacial score (nSPS) is 10.2. The van der Waals surface area contributed by atoms with Crippen LogP contribution in [-0.2, 0) is 118 Å². The van der Waals surface area contributed by atoms with Crippen LogP contribution >= 0.6 is 0 Å². The topological polar surface area (TPSA) is 160 Å². The largest absolute Gasteiger partial charge is 0.573 e. The molecule has 0 bridgehead atoms. The summed E-state index contributed by atoms with van der Waals surface area (Å²) in [5.74, 6) is -0.569. The molecular weight excluding hydrogens is 2280 g/mol. The van der Waals surface area contributed by atoms with Crippen molar-refractivity contribution in [1.29, 1.82) is 0 Å². The van der Waals surface area contributed by atoms with Crippen LogP contribution in [0.1, 0.15) is 79.8 Å². The number of carboxylic acids is 1. The molecule has 0 saturated heterocycles. The Hall–Kier alpha value is -9.12. The van der Waals surface area contributed by atoms with Gasteiger partial charge in [-0.3, -0.25) is 13.8 Å². The smallest absolute Gasteiger partial charge is 0.431 e. The van der Waals surface area contributed by atoms with Crippen molar-refractivity contribution in [2.75, 3.05) is 14.2 Å². The van der Waals surface area contributed by atoms with E-state index in [1.54, 1.807) is 87.4 Å². The van der Waals surface area contributed by atoms with Crippen molar-refractivity contribution < 1.29 is 142 Å². The van der Waals surface area contributed by atoms with Crippen LogP contribution in [0.15, 0.2) is 262 Å². The van der Waals surface area contributed by atoms with Crippen molar-refractivity contribution in [3.05, 3.63) is 343 Å². The predicted molar refractivity (Wildman–Crippen MR) is 398 cm³/mol. The minimum absolute atomic E-state index is 0. The Labute approximate surface area is 701 Å². The maximum atomic E-state index is 13.2. The third kappa shape index (κ3) is 29.3. The maximum absolute atomic E-state index is 13.2. The van der Waals surface area contributed by atoms with Crippen LogP contribution in [0.4, 0.5) is 22.0 Å². The van der Waals surface area contributed by atoms with E-state index in [1.165, 1.54) is 34.2 Å². The summed E-state index contributed by atoms with van der Waals surface area (Å²) >= 11 is 0. The molecule has 0 fully saturated rings. The van der Waals surface area contributed by atoms with Crippen LogP contribution in [0, 0.1) is 61.9 Å². The van der Waals surface area contributed by atoms with Crippen molar-refractivity contribution in [2.24, 2.45) is 0 Å². The fraction of sp³-hybridized carbons (Fsp3) is 0.149. The molecule has 0 atom stereocenters. The summed E-state index contributed by atoms with van der Waals surface area (Å²) in [6, 6.07) is 85.6. The van der Waals surface area contributed by atoms with E-state index >= 15 is 0 Å². The molecule has 7 aromatic heterocycles. The van der Waals surface area contributed by atoms with E-state index < -0.39 is 29.5 Å². The molecule has 14 aromatic rings. The first-order valence-electron chi connectivity index (χ1n) is 32.6. The first-order chi connectivity index (χ1) is 49.9. The van der Waals surface area contributed by atoms with E-state index in [-0.39, 0.29) is 128 Å². The van der Waals surface area contributed by atoms with Crippen LogP contribution in [0.3, 0.4) is 0 Å². The van der Waals surface area contributed by atoms with E-state index in [2.05, 4.69) is 167 Å². The van der Waals surface area contributed by atoms with Gasteiger partial charge in [-0.05, 0) is 98.6 Å². The molecule has 0 unspecified atom stereocenters. The molecule has 109 heavy (non-hydrogen) atoms. The second-order valence-electron chi connectivity index (χ2n) is 24.9.